The van der Waals surface area contributed by atoms with Crippen LogP contribution in [0.4, 0.5) is 0 Å². The molecule has 1 N–H and O–H groups in total. The zero-order chi connectivity index (χ0) is 16.2. The lowest BCUT2D eigenvalue weighted by Gasteiger charge is -2.16. The van der Waals surface area contributed by atoms with Crippen molar-refractivity contribution in [2.45, 2.75) is 18.8 Å². The van der Waals surface area contributed by atoms with E-state index in [0.717, 1.165) is 11.1 Å². The maximum atomic E-state index is 12.4. The van der Waals surface area contributed by atoms with Gasteiger partial charge < -0.3 is 10.0 Å². The Morgan fingerprint density at radius 1 is 1.17 bits per heavy atom. The standard InChI is InChI=1S/C18H19NO3S/c20-17(7-6-13-8-9-23-12-13)19-10-15(16(11-19)18(21)22)14-4-2-1-3-5-14/h1-5,8-9,12,15-16H,6-7,10-11H2,(H,21,22)/t15-,16-/m1/s1. The van der Waals surface area contributed by atoms with Crippen LogP contribution in [0.2, 0.25) is 0 Å². The van der Waals surface area contributed by atoms with Gasteiger partial charge in [-0.15, -0.1) is 0 Å². The molecule has 1 aliphatic heterocycles. The predicted molar refractivity (Wildman–Crippen MR) is 89.5 cm³/mol. The number of carboxylic acids is 1. The number of aryl methyl sites for hydroxylation is 1. The van der Waals surface area contributed by atoms with E-state index in [1.807, 2.05) is 47.2 Å². The van der Waals surface area contributed by atoms with Crippen molar-refractivity contribution in [2.75, 3.05) is 13.1 Å². The summed E-state index contributed by atoms with van der Waals surface area (Å²) in [5, 5.41) is 13.5. The van der Waals surface area contributed by atoms with Crippen LogP contribution < -0.4 is 0 Å². The van der Waals surface area contributed by atoms with Gasteiger partial charge in [-0.25, -0.2) is 0 Å². The second kappa shape index (κ2) is 6.96. The Bertz CT molecular complexity index is 669. The molecule has 1 saturated heterocycles. The van der Waals surface area contributed by atoms with Crippen LogP contribution in [0.15, 0.2) is 47.2 Å². The fourth-order valence-electron chi connectivity index (χ4n) is 3.14. The Labute approximate surface area is 139 Å². The molecule has 2 atom stereocenters. The summed E-state index contributed by atoms with van der Waals surface area (Å²) in [7, 11) is 0. The van der Waals surface area contributed by atoms with E-state index in [0.29, 0.717) is 25.9 Å². The highest BCUT2D eigenvalue weighted by Gasteiger charge is 2.40. The van der Waals surface area contributed by atoms with Gasteiger partial charge >= 0.3 is 5.97 Å². The average molecular weight is 329 g/mol. The first-order valence-electron chi connectivity index (χ1n) is 7.71. The van der Waals surface area contributed by atoms with E-state index in [4.69, 9.17) is 0 Å². The fourth-order valence-corrected chi connectivity index (χ4v) is 3.84. The Balaban J connectivity index is 1.67. The number of hydrogen-bond acceptors (Lipinski definition) is 3. The van der Waals surface area contributed by atoms with E-state index in [-0.39, 0.29) is 11.8 Å². The maximum absolute atomic E-state index is 12.4. The van der Waals surface area contributed by atoms with E-state index < -0.39 is 11.9 Å². The molecule has 1 aromatic heterocycles. The molecule has 120 valence electrons. The van der Waals surface area contributed by atoms with Crippen molar-refractivity contribution in [3.05, 3.63) is 58.3 Å². The molecule has 5 heteroatoms. The van der Waals surface area contributed by atoms with Gasteiger partial charge in [-0.3, -0.25) is 9.59 Å². The lowest BCUT2D eigenvalue weighted by molar-refractivity contribution is -0.141. The van der Waals surface area contributed by atoms with Crippen molar-refractivity contribution >= 4 is 23.2 Å². The Kier molecular flexibility index (Phi) is 4.76. The molecular weight excluding hydrogens is 310 g/mol. The van der Waals surface area contributed by atoms with Crippen LogP contribution in [0.5, 0.6) is 0 Å². The molecule has 0 radical (unpaired) electrons. The Morgan fingerprint density at radius 2 is 1.96 bits per heavy atom. The average Bonchev–Trinajstić information content (AvgIpc) is 3.23. The minimum atomic E-state index is -0.827. The van der Waals surface area contributed by atoms with Gasteiger partial charge in [0, 0.05) is 25.4 Å². The number of nitrogens with zero attached hydrogens (tertiary/aromatic N) is 1. The highest BCUT2D eigenvalue weighted by Crippen LogP contribution is 2.33. The summed E-state index contributed by atoms with van der Waals surface area (Å²) < 4.78 is 0. The number of aliphatic carboxylic acids is 1. The Morgan fingerprint density at radius 3 is 2.61 bits per heavy atom. The fraction of sp³-hybridized carbons (Fsp3) is 0.333. The normalized spacial score (nSPS) is 20.6. The molecule has 0 bridgehead atoms. The summed E-state index contributed by atoms with van der Waals surface area (Å²) >= 11 is 1.62. The first-order valence-corrected chi connectivity index (χ1v) is 8.66. The number of benzene rings is 1. The third-order valence-electron chi connectivity index (χ3n) is 4.43. The van der Waals surface area contributed by atoms with Crippen LogP contribution in [0.1, 0.15) is 23.5 Å². The molecule has 1 aromatic carbocycles. The van der Waals surface area contributed by atoms with Crippen LogP contribution in [0.25, 0.3) is 0 Å². The van der Waals surface area contributed by atoms with Crippen molar-refractivity contribution in [1.29, 1.82) is 0 Å². The van der Waals surface area contributed by atoms with Gasteiger partial charge in [0.15, 0.2) is 0 Å². The monoisotopic (exact) mass is 329 g/mol. The molecule has 3 rings (SSSR count). The Hall–Kier alpha value is -2.14. The highest BCUT2D eigenvalue weighted by atomic mass is 32.1. The van der Waals surface area contributed by atoms with Crippen molar-refractivity contribution in [3.8, 4) is 0 Å². The number of thiophene rings is 1. The summed E-state index contributed by atoms with van der Waals surface area (Å²) in [5.74, 6) is -1.44. The number of amides is 1. The number of carbonyl (C=O) groups excluding carboxylic acids is 1. The molecular formula is C18H19NO3S. The first-order chi connectivity index (χ1) is 11.1. The second-order valence-electron chi connectivity index (χ2n) is 5.89. The molecule has 1 aliphatic rings. The van der Waals surface area contributed by atoms with Gasteiger partial charge in [0.1, 0.15) is 0 Å². The number of carbonyl (C=O) groups is 2. The summed E-state index contributed by atoms with van der Waals surface area (Å²) in [6, 6.07) is 11.7. The lowest BCUT2D eigenvalue weighted by Crippen LogP contribution is -2.30. The SMILES string of the molecule is O=C(O)[C@@H]1CN(C(=O)CCc2ccsc2)C[C@@H]1c1ccccc1. The van der Waals surface area contributed by atoms with Crippen LogP contribution in [0.3, 0.4) is 0 Å². The van der Waals surface area contributed by atoms with E-state index in [1.165, 1.54) is 0 Å². The van der Waals surface area contributed by atoms with E-state index in [9.17, 15) is 14.7 Å². The molecule has 2 heterocycles. The van der Waals surface area contributed by atoms with Gasteiger partial charge in [-0.05, 0) is 34.4 Å². The molecule has 0 unspecified atom stereocenters. The quantitative estimate of drug-likeness (QED) is 0.917. The number of likely N-dealkylation sites (tertiary alicyclic amines) is 1. The van der Waals surface area contributed by atoms with Gasteiger partial charge in [0.05, 0.1) is 5.92 Å². The predicted octanol–water partition coefficient (Wildman–Crippen LogP) is 3.01. The zero-order valence-corrected chi connectivity index (χ0v) is 13.5. The minimum absolute atomic E-state index is 0.0425. The van der Waals surface area contributed by atoms with Crippen LogP contribution >= 0.6 is 11.3 Å². The second-order valence-corrected chi connectivity index (χ2v) is 6.67. The molecule has 4 nitrogen and oxygen atoms in total. The molecule has 1 fully saturated rings. The third kappa shape index (κ3) is 3.62. The van der Waals surface area contributed by atoms with Crippen LogP contribution in [-0.4, -0.2) is 35.0 Å². The van der Waals surface area contributed by atoms with Gasteiger partial charge in [-0.2, -0.15) is 11.3 Å². The van der Waals surface area contributed by atoms with Crippen molar-refractivity contribution in [2.24, 2.45) is 5.92 Å². The van der Waals surface area contributed by atoms with E-state index >= 15 is 0 Å². The lowest BCUT2D eigenvalue weighted by atomic mass is 9.89. The zero-order valence-electron chi connectivity index (χ0n) is 12.7. The summed E-state index contributed by atoms with van der Waals surface area (Å²) in [6.45, 7) is 0.792. The van der Waals surface area contributed by atoms with Crippen LogP contribution in [0, 0.1) is 5.92 Å². The topological polar surface area (TPSA) is 57.6 Å². The number of carboxylic acid groups (broad SMARTS) is 1. The smallest absolute Gasteiger partial charge is 0.308 e. The van der Waals surface area contributed by atoms with E-state index in [2.05, 4.69) is 0 Å². The first kappa shape index (κ1) is 15.7. The van der Waals surface area contributed by atoms with Crippen molar-refractivity contribution in [1.82, 2.24) is 4.90 Å². The van der Waals surface area contributed by atoms with Crippen LogP contribution in [-0.2, 0) is 16.0 Å². The van der Waals surface area contributed by atoms with Gasteiger partial charge in [-0.1, -0.05) is 30.3 Å². The summed E-state index contributed by atoms with van der Waals surface area (Å²) in [5.41, 5.74) is 2.16. The van der Waals surface area contributed by atoms with Crippen molar-refractivity contribution in [3.63, 3.8) is 0 Å². The number of hydrogen-bond donors (Lipinski definition) is 1. The van der Waals surface area contributed by atoms with Gasteiger partial charge in [0.25, 0.3) is 0 Å². The molecule has 0 aliphatic carbocycles. The maximum Gasteiger partial charge on any atom is 0.308 e. The number of rotatable bonds is 5. The van der Waals surface area contributed by atoms with Crippen molar-refractivity contribution < 1.29 is 14.7 Å². The minimum Gasteiger partial charge on any atom is -0.481 e. The third-order valence-corrected chi connectivity index (χ3v) is 5.16. The molecule has 0 saturated carbocycles. The molecule has 1 amide bonds. The summed E-state index contributed by atoms with van der Waals surface area (Å²) in [4.78, 5) is 25.7. The largest absolute Gasteiger partial charge is 0.481 e. The van der Waals surface area contributed by atoms with E-state index in [1.54, 1.807) is 16.2 Å². The highest BCUT2D eigenvalue weighted by molar-refractivity contribution is 7.07. The molecule has 23 heavy (non-hydrogen) atoms. The summed E-state index contributed by atoms with van der Waals surface area (Å²) in [6.07, 6.45) is 1.15. The molecule has 2 aromatic rings. The van der Waals surface area contributed by atoms with Gasteiger partial charge in [0.2, 0.25) is 5.91 Å². The molecule has 0 spiro atoms.